The van der Waals surface area contributed by atoms with Gasteiger partial charge in [-0.05, 0) is 55.7 Å². The summed E-state index contributed by atoms with van der Waals surface area (Å²) < 4.78 is 0. The lowest BCUT2D eigenvalue weighted by molar-refractivity contribution is -0.136. The first kappa shape index (κ1) is 15.9. The molecule has 0 unspecified atom stereocenters. The molecule has 0 aliphatic rings. The van der Waals surface area contributed by atoms with Crippen molar-refractivity contribution in [3.8, 4) is 0 Å². The van der Waals surface area contributed by atoms with E-state index in [1.807, 2.05) is 38.1 Å². The van der Waals surface area contributed by atoms with Crippen LogP contribution in [0.1, 0.15) is 16.7 Å². The Kier molecular flexibility index (Phi) is 5.32. The number of aliphatic carboxylic acids is 1. The molecular weight excluding hydrogens is 304 g/mol. The van der Waals surface area contributed by atoms with E-state index in [1.165, 1.54) is 11.8 Å². The van der Waals surface area contributed by atoms with Crippen LogP contribution in [0.15, 0.2) is 47.4 Å². The van der Waals surface area contributed by atoms with Gasteiger partial charge in [0.25, 0.3) is 0 Å². The predicted molar refractivity (Wildman–Crippen MR) is 88.4 cm³/mol. The van der Waals surface area contributed by atoms with Crippen molar-refractivity contribution < 1.29 is 9.90 Å². The highest BCUT2D eigenvalue weighted by Gasteiger charge is 2.20. The summed E-state index contributed by atoms with van der Waals surface area (Å²) in [5, 5.41) is 9.61. The smallest absolute Gasteiger partial charge is 0.317 e. The molecule has 2 aromatic rings. The number of rotatable bonds is 5. The fourth-order valence-electron chi connectivity index (χ4n) is 2.08. The first-order valence-corrected chi connectivity index (χ1v) is 7.92. The lowest BCUT2D eigenvalue weighted by atomic mass is 10.0. The molecule has 0 spiro atoms. The maximum absolute atomic E-state index is 11.5. The van der Waals surface area contributed by atoms with E-state index in [1.54, 1.807) is 12.1 Å². The van der Waals surface area contributed by atoms with Crippen molar-refractivity contribution in [3.05, 3.63) is 64.2 Å². The molecule has 0 aliphatic heterocycles. The van der Waals surface area contributed by atoms with Crippen LogP contribution in [-0.2, 0) is 11.2 Å². The minimum atomic E-state index is -0.796. The van der Waals surface area contributed by atoms with Crippen molar-refractivity contribution >= 4 is 29.3 Å². The molecule has 2 nitrogen and oxygen atoms in total. The van der Waals surface area contributed by atoms with Crippen molar-refractivity contribution in [2.45, 2.75) is 30.4 Å². The zero-order chi connectivity index (χ0) is 15.4. The SMILES string of the molecule is Cc1ccc(C)c(C[C@H](Sc2ccc(Cl)cc2)C(=O)O)c1. The van der Waals surface area contributed by atoms with Crippen LogP contribution >= 0.6 is 23.4 Å². The standard InChI is InChI=1S/C17H17ClO2S/c1-11-3-4-12(2)13(9-11)10-16(17(19)20)21-15-7-5-14(18)6-8-15/h3-9,16H,10H2,1-2H3,(H,19,20)/t16-/m0/s1. The Hall–Kier alpha value is -1.45. The molecule has 0 saturated carbocycles. The number of halogens is 1. The Labute approximate surface area is 134 Å². The Morgan fingerprint density at radius 1 is 1.19 bits per heavy atom. The van der Waals surface area contributed by atoms with E-state index in [2.05, 4.69) is 6.07 Å². The van der Waals surface area contributed by atoms with Gasteiger partial charge < -0.3 is 5.11 Å². The number of thioether (sulfide) groups is 1. The molecule has 0 radical (unpaired) electrons. The summed E-state index contributed by atoms with van der Waals surface area (Å²) >= 11 is 7.21. The molecule has 2 rings (SSSR count). The van der Waals surface area contributed by atoms with Crippen LogP contribution in [0.3, 0.4) is 0 Å². The lowest BCUT2D eigenvalue weighted by Gasteiger charge is -2.14. The number of benzene rings is 2. The van der Waals surface area contributed by atoms with E-state index in [0.717, 1.165) is 21.6 Å². The number of carbonyl (C=O) groups is 1. The monoisotopic (exact) mass is 320 g/mol. The van der Waals surface area contributed by atoms with Gasteiger partial charge in [-0.15, -0.1) is 11.8 Å². The Bertz CT molecular complexity index is 638. The lowest BCUT2D eigenvalue weighted by Crippen LogP contribution is -2.19. The number of carboxylic acids is 1. The highest BCUT2D eigenvalue weighted by Crippen LogP contribution is 2.28. The van der Waals surface area contributed by atoms with Gasteiger partial charge >= 0.3 is 5.97 Å². The van der Waals surface area contributed by atoms with Gasteiger partial charge in [0.05, 0.1) is 0 Å². The second-order valence-electron chi connectivity index (χ2n) is 5.03. The van der Waals surface area contributed by atoms with E-state index in [0.29, 0.717) is 11.4 Å². The van der Waals surface area contributed by atoms with Gasteiger partial charge in [-0.25, -0.2) is 0 Å². The van der Waals surface area contributed by atoms with Gasteiger partial charge in [-0.3, -0.25) is 4.79 Å². The third-order valence-electron chi connectivity index (χ3n) is 3.28. The summed E-state index contributed by atoms with van der Waals surface area (Å²) in [4.78, 5) is 12.4. The average molecular weight is 321 g/mol. The van der Waals surface area contributed by atoms with E-state index < -0.39 is 11.2 Å². The van der Waals surface area contributed by atoms with Crippen LogP contribution in [0.5, 0.6) is 0 Å². The number of aryl methyl sites for hydroxylation is 2. The van der Waals surface area contributed by atoms with Crippen LogP contribution in [0.2, 0.25) is 5.02 Å². The highest BCUT2D eigenvalue weighted by atomic mass is 35.5. The molecule has 4 heteroatoms. The first-order valence-electron chi connectivity index (χ1n) is 6.67. The normalized spacial score (nSPS) is 12.1. The number of hydrogen-bond acceptors (Lipinski definition) is 2. The van der Waals surface area contributed by atoms with Crippen molar-refractivity contribution in [2.24, 2.45) is 0 Å². The van der Waals surface area contributed by atoms with E-state index in [-0.39, 0.29) is 0 Å². The molecule has 0 bridgehead atoms. The third-order valence-corrected chi connectivity index (χ3v) is 4.73. The molecule has 1 atom stereocenters. The van der Waals surface area contributed by atoms with Crippen molar-refractivity contribution in [3.63, 3.8) is 0 Å². The van der Waals surface area contributed by atoms with Crippen molar-refractivity contribution in [1.29, 1.82) is 0 Å². The second kappa shape index (κ2) is 7.01. The molecule has 0 fully saturated rings. The summed E-state index contributed by atoms with van der Waals surface area (Å²) in [6.07, 6.45) is 0.510. The van der Waals surface area contributed by atoms with Gasteiger partial charge in [0.1, 0.15) is 5.25 Å². The molecule has 0 aliphatic carbocycles. The molecule has 0 heterocycles. The fraction of sp³-hybridized carbons (Fsp3) is 0.235. The van der Waals surface area contributed by atoms with Gasteiger partial charge in [0, 0.05) is 9.92 Å². The quantitative estimate of drug-likeness (QED) is 0.808. The Balaban J connectivity index is 2.17. The molecule has 1 N–H and O–H groups in total. The first-order chi connectivity index (χ1) is 9.95. The molecule has 0 amide bonds. The molecule has 0 saturated heterocycles. The maximum atomic E-state index is 11.5. The average Bonchev–Trinajstić information content (AvgIpc) is 2.44. The van der Waals surface area contributed by atoms with E-state index in [9.17, 15) is 9.90 Å². The van der Waals surface area contributed by atoms with Crippen LogP contribution in [0.4, 0.5) is 0 Å². The van der Waals surface area contributed by atoms with Gasteiger partial charge in [-0.1, -0.05) is 35.4 Å². The minimum absolute atomic E-state index is 0.508. The topological polar surface area (TPSA) is 37.3 Å². The fourth-order valence-corrected chi connectivity index (χ4v) is 3.19. The highest BCUT2D eigenvalue weighted by molar-refractivity contribution is 8.00. The molecule has 21 heavy (non-hydrogen) atoms. The molecule has 0 aromatic heterocycles. The number of carboxylic acid groups (broad SMARTS) is 1. The van der Waals surface area contributed by atoms with Gasteiger partial charge in [-0.2, -0.15) is 0 Å². The Morgan fingerprint density at radius 2 is 1.86 bits per heavy atom. The second-order valence-corrected chi connectivity index (χ2v) is 6.75. The number of hydrogen-bond donors (Lipinski definition) is 1. The van der Waals surface area contributed by atoms with Gasteiger partial charge in [0.2, 0.25) is 0 Å². The largest absolute Gasteiger partial charge is 0.480 e. The van der Waals surface area contributed by atoms with Crippen LogP contribution in [0.25, 0.3) is 0 Å². The molecular formula is C17H17ClO2S. The minimum Gasteiger partial charge on any atom is -0.480 e. The van der Waals surface area contributed by atoms with E-state index >= 15 is 0 Å². The molecule has 110 valence electrons. The zero-order valence-electron chi connectivity index (χ0n) is 12.0. The van der Waals surface area contributed by atoms with E-state index in [4.69, 9.17) is 11.6 Å². The van der Waals surface area contributed by atoms with Crippen molar-refractivity contribution in [2.75, 3.05) is 0 Å². The molecule has 2 aromatic carbocycles. The van der Waals surface area contributed by atoms with Crippen molar-refractivity contribution in [1.82, 2.24) is 0 Å². The van der Waals surface area contributed by atoms with Crippen LogP contribution < -0.4 is 0 Å². The van der Waals surface area contributed by atoms with Gasteiger partial charge in [0.15, 0.2) is 0 Å². The summed E-state index contributed by atoms with van der Waals surface area (Å²) in [7, 11) is 0. The maximum Gasteiger partial charge on any atom is 0.317 e. The third kappa shape index (κ3) is 4.51. The predicted octanol–water partition coefficient (Wildman–Crippen LogP) is 4.74. The summed E-state index contributed by atoms with van der Waals surface area (Å²) in [5.74, 6) is -0.796. The summed E-state index contributed by atoms with van der Waals surface area (Å²) in [6.45, 7) is 4.03. The van der Waals surface area contributed by atoms with Crippen LogP contribution in [-0.4, -0.2) is 16.3 Å². The summed E-state index contributed by atoms with van der Waals surface area (Å²) in [6, 6.07) is 13.4. The Morgan fingerprint density at radius 3 is 2.48 bits per heavy atom. The van der Waals surface area contributed by atoms with Crippen LogP contribution in [0, 0.1) is 13.8 Å². The zero-order valence-corrected chi connectivity index (χ0v) is 13.5. The summed E-state index contributed by atoms with van der Waals surface area (Å²) in [5.41, 5.74) is 3.36.